The Bertz CT molecular complexity index is 593. The Hall–Kier alpha value is -2.14. The summed E-state index contributed by atoms with van der Waals surface area (Å²) in [5.41, 5.74) is 1.17. The number of phenolic OH excluding ortho intramolecular Hbond substituents is 1. The minimum Gasteiger partial charge on any atom is -0.508 e. The van der Waals surface area contributed by atoms with E-state index >= 15 is 0 Å². The fourth-order valence-electron chi connectivity index (χ4n) is 1.64. The zero-order chi connectivity index (χ0) is 13.0. The number of aromatic hydroxyl groups is 1. The van der Waals surface area contributed by atoms with Crippen LogP contribution in [0.3, 0.4) is 0 Å². The molecule has 0 fully saturated rings. The molecule has 2 rings (SSSR count). The second-order valence-electron chi connectivity index (χ2n) is 3.92. The first kappa shape index (κ1) is 12.3. The third-order valence-electron chi connectivity index (χ3n) is 2.47. The van der Waals surface area contributed by atoms with E-state index in [1.807, 2.05) is 6.92 Å². The van der Waals surface area contributed by atoms with Crippen LogP contribution in [-0.2, 0) is 6.54 Å². The Morgan fingerprint density at radius 1 is 1.39 bits per heavy atom. The Balaban J connectivity index is 2.38. The summed E-state index contributed by atoms with van der Waals surface area (Å²) in [6, 6.07) is 8.10. The molecule has 0 amide bonds. The smallest absolute Gasteiger partial charge is 0.251 e. The SMILES string of the molecule is CCNCc1cc(=O)[nH]c(-c2cccc(O)c2)n1. The van der Waals surface area contributed by atoms with E-state index in [1.165, 1.54) is 6.07 Å². The van der Waals surface area contributed by atoms with Gasteiger partial charge in [-0.1, -0.05) is 19.1 Å². The maximum absolute atomic E-state index is 11.5. The third-order valence-corrected chi connectivity index (χ3v) is 2.47. The fourth-order valence-corrected chi connectivity index (χ4v) is 1.64. The van der Waals surface area contributed by atoms with E-state index < -0.39 is 0 Å². The number of benzene rings is 1. The predicted molar refractivity (Wildman–Crippen MR) is 69.3 cm³/mol. The van der Waals surface area contributed by atoms with E-state index in [4.69, 9.17) is 0 Å². The van der Waals surface area contributed by atoms with Crippen LogP contribution in [0.1, 0.15) is 12.6 Å². The molecular formula is C13H15N3O2. The zero-order valence-corrected chi connectivity index (χ0v) is 10.1. The monoisotopic (exact) mass is 245 g/mol. The molecule has 0 bridgehead atoms. The second-order valence-corrected chi connectivity index (χ2v) is 3.92. The molecule has 2 aromatic rings. The van der Waals surface area contributed by atoms with Crippen molar-refractivity contribution in [1.29, 1.82) is 0 Å². The first-order valence-electron chi connectivity index (χ1n) is 5.79. The summed E-state index contributed by atoms with van der Waals surface area (Å²) in [4.78, 5) is 18.6. The normalized spacial score (nSPS) is 10.5. The van der Waals surface area contributed by atoms with Gasteiger partial charge in [-0.05, 0) is 18.7 Å². The molecule has 0 aliphatic rings. The molecule has 0 atom stereocenters. The van der Waals surface area contributed by atoms with Crippen molar-refractivity contribution in [2.75, 3.05) is 6.54 Å². The Kier molecular flexibility index (Phi) is 3.74. The minimum atomic E-state index is -0.198. The van der Waals surface area contributed by atoms with Crippen LogP contribution in [0.15, 0.2) is 35.1 Å². The van der Waals surface area contributed by atoms with Gasteiger partial charge in [-0.25, -0.2) is 4.98 Å². The molecule has 3 N–H and O–H groups in total. The molecule has 0 radical (unpaired) electrons. The van der Waals surface area contributed by atoms with Crippen LogP contribution in [-0.4, -0.2) is 21.6 Å². The molecule has 1 aromatic carbocycles. The zero-order valence-electron chi connectivity index (χ0n) is 10.1. The lowest BCUT2D eigenvalue weighted by Crippen LogP contribution is -2.17. The number of nitrogens with one attached hydrogen (secondary N) is 2. The maximum Gasteiger partial charge on any atom is 0.251 e. The van der Waals surface area contributed by atoms with Crippen molar-refractivity contribution in [3.8, 4) is 17.1 Å². The molecule has 0 aliphatic heterocycles. The largest absolute Gasteiger partial charge is 0.508 e. The number of aromatic amines is 1. The molecule has 0 aliphatic carbocycles. The standard InChI is InChI=1S/C13H15N3O2/c1-2-14-8-10-7-12(18)16-13(15-10)9-4-3-5-11(17)6-9/h3-7,14,17H,2,8H2,1H3,(H,15,16,18). The van der Waals surface area contributed by atoms with Gasteiger partial charge in [0.25, 0.3) is 5.56 Å². The van der Waals surface area contributed by atoms with Crippen LogP contribution >= 0.6 is 0 Å². The summed E-state index contributed by atoms with van der Waals surface area (Å²) in [6.07, 6.45) is 0. The Morgan fingerprint density at radius 2 is 2.22 bits per heavy atom. The maximum atomic E-state index is 11.5. The van der Waals surface area contributed by atoms with Gasteiger partial charge in [0.05, 0.1) is 5.69 Å². The number of H-pyrrole nitrogens is 1. The first-order valence-corrected chi connectivity index (χ1v) is 5.79. The van der Waals surface area contributed by atoms with E-state index in [1.54, 1.807) is 24.3 Å². The topological polar surface area (TPSA) is 78.0 Å². The van der Waals surface area contributed by atoms with Crippen LogP contribution in [0.2, 0.25) is 0 Å². The van der Waals surface area contributed by atoms with Gasteiger partial charge in [0.15, 0.2) is 0 Å². The number of aromatic nitrogens is 2. The van der Waals surface area contributed by atoms with Gasteiger partial charge in [0.2, 0.25) is 0 Å². The summed E-state index contributed by atoms with van der Waals surface area (Å²) in [6.45, 7) is 3.35. The highest BCUT2D eigenvalue weighted by molar-refractivity contribution is 5.57. The lowest BCUT2D eigenvalue weighted by molar-refractivity contribution is 0.475. The van der Waals surface area contributed by atoms with Gasteiger partial charge in [-0.3, -0.25) is 4.79 Å². The summed E-state index contributed by atoms with van der Waals surface area (Å²) in [5, 5.41) is 12.5. The summed E-state index contributed by atoms with van der Waals surface area (Å²) in [7, 11) is 0. The van der Waals surface area contributed by atoms with Crippen molar-refractivity contribution in [2.45, 2.75) is 13.5 Å². The number of nitrogens with zero attached hydrogens (tertiary/aromatic N) is 1. The summed E-state index contributed by atoms with van der Waals surface area (Å²) >= 11 is 0. The third kappa shape index (κ3) is 2.95. The molecule has 1 heterocycles. The van der Waals surface area contributed by atoms with Gasteiger partial charge in [0, 0.05) is 18.2 Å². The van der Waals surface area contributed by atoms with Crippen molar-refractivity contribution >= 4 is 0 Å². The van der Waals surface area contributed by atoms with E-state index in [0.29, 0.717) is 23.6 Å². The van der Waals surface area contributed by atoms with Crippen molar-refractivity contribution in [1.82, 2.24) is 15.3 Å². The van der Waals surface area contributed by atoms with Crippen molar-refractivity contribution in [3.05, 3.63) is 46.4 Å². The fraction of sp³-hybridized carbons (Fsp3) is 0.231. The van der Waals surface area contributed by atoms with Crippen LogP contribution < -0.4 is 10.9 Å². The molecule has 94 valence electrons. The van der Waals surface area contributed by atoms with Crippen LogP contribution in [0.5, 0.6) is 5.75 Å². The number of hydrogen-bond acceptors (Lipinski definition) is 4. The summed E-state index contributed by atoms with van der Waals surface area (Å²) < 4.78 is 0. The van der Waals surface area contributed by atoms with Crippen LogP contribution in [0.4, 0.5) is 0 Å². The number of rotatable bonds is 4. The molecule has 18 heavy (non-hydrogen) atoms. The highest BCUT2D eigenvalue weighted by Crippen LogP contribution is 2.18. The van der Waals surface area contributed by atoms with Gasteiger partial charge in [0.1, 0.15) is 11.6 Å². The Labute approximate surface area is 105 Å². The number of phenols is 1. The first-order chi connectivity index (χ1) is 8.69. The van der Waals surface area contributed by atoms with Crippen LogP contribution in [0, 0.1) is 0 Å². The van der Waals surface area contributed by atoms with Crippen LogP contribution in [0.25, 0.3) is 11.4 Å². The highest BCUT2D eigenvalue weighted by Gasteiger charge is 2.04. The van der Waals surface area contributed by atoms with E-state index in [9.17, 15) is 9.90 Å². The van der Waals surface area contributed by atoms with Crippen molar-refractivity contribution in [3.63, 3.8) is 0 Å². The average Bonchev–Trinajstić information content (AvgIpc) is 2.36. The molecule has 0 saturated heterocycles. The molecule has 5 heteroatoms. The van der Waals surface area contributed by atoms with Gasteiger partial charge in [-0.2, -0.15) is 0 Å². The number of hydrogen-bond donors (Lipinski definition) is 3. The summed E-state index contributed by atoms with van der Waals surface area (Å²) in [5.74, 6) is 0.610. The molecular weight excluding hydrogens is 230 g/mol. The average molecular weight is 245 g/mol. The van der Waals surface area contributed by atoms with Gasteiger partial charge < -0.3 is 15.4 Å². The highest BCUT2D eigenvalue weighted by atomic mass is 16.3. The minimum absolute atomic E-state index is 0.146. The molecule has 1 aromatic heterocycles. The molecule has 5 nitrogen and oxygen atoms in total. The Morgan fingerprint density at radius 3 is 2.94 bits per heavy atom. The van der Waals surface area contributed by atoms with E-state index in [2.05, 4.69) is 15.3 Å². The lowest BCUT2D eigenvalue weighted by Gasteiger charge is -2.05. The van der Waals surface area contributed by atoms with Gasteiger partial charge in [-0.15, -0.1) is 0 Å². The molecule has 0 spiro atoms. The van der Waals surface area contributed by atoms with E-state index in [0.717, 1.165) is 6.54 Å². The predicted octanol–water partition coefficient (Wildman–Crippen LogP) is 1.25. The van der Waals surface area contributed by atoms with Crippen molar-refractivity contribution in [2.24, 2.45) is 0 Å². The quantitative estimate of drug-likeness (QED) is 0.757. The molecule has 0 saturated carbocycles. The lowest BCUT2D eigenvalue weighted by atomic mass is 10.2. The van der Waals surface area contributed by atoms with E-state index in [-0.39, 0.29) is 11.3 Å². The van der Waals surface area contributed by atoms with Crippen molar-refractivity contribution < 1.29 is 5.11 Å². The molecule has 0 unspecified atom stereocenters. The van der Waals surface area contributed by atoms with Gasteiger partial charge >= 0.3 is 0 Å². The second kappa shape index (κ2) is 5.46.